The van der Waals surface area contributed by atoms with Crippen LogP contribution in [0.25, 0.3) is 33.1 Å². The Bertz CT molecular complexity index is 1400. The molecule has 2 aromatic heterocycles. The van der Waals surface area contributed by atoms with Crippen LogP contribution in [0.5, 0.6) is 11.5 Å². The van der Waals surface area contributed by atoms with Gasteiger partial charge < -0.3 is 14.7 Å². The number of aromatic nitrogens is 3. The number of aromatic hydroxyl groups is 1. The zero-order chi connectivity index (χ0) is 24.7. The Morgan fingerprint density at radius 2 is 1.83 bits per heavy atom. The lowest BCUT2D eigenvalue weighted by Gasteiger charge is -2.33. The molecule has 1 aliphatic heterocycles. The van der Waals surface area contributed by atoms with Gasteiger partial charge in [-0.2, -0.15) is 5.10 Å². The van der Waals surface area contributed by atoms with Crippen LogP contribution in [0.2, 0.25) is 5.02 Å². The third-order valence-electron chi connectivity index (χ3n) is 6.62. The van der Waals surface area contributed by atoms with Gasteiger partial charge in [0.15, 0.2) is 17.2 Å². The molecule has 0 amide bonds. The predicted molar refractivity (Wildman–Crippen MR) is 132 cm³/mol. The lowest BCUT2D eigenvalue weighted by atomic mass is 9.99. The van der Waals surface area contributed by atoms with Crippen molar-refractivity contribution < 1.29 is 18.6 Å². The third kappa shape index (κ3) is 4.39. The van der Waals surface area contributed by atoms with E-state index in [9.17, 15) is 5.11 Å². The number of pyridine rings is 1. The Balaban J connectivity index is 1.53. The fourth-order valence-electron chi connectivity index (χ4n) is 4.62. The van der Waals surface area contributed by atoms with Crippen molar-refractivity contribution in [2.45, 2.75) is 13.8 Å². The molecular formula is C25H26ClF2N5O2. The van der Waals surface area contributed by atoms with Gasteiger partial charge in [-0.3, -0.25) is 10.00 Å². The standard InChI is InChI=1S/C25H26ClF2N5O2/c1-3-32-6-8-33(9-7-32)10-11-35-19-13-17(27)21-22(23(19)28)20-14(2)30-31-25(20)29-24(21)15-4-5-18(34)16(26)12-15/h4-5,12-13,34H,3,6-11H2,1-2H3,(H,29,30,31). The van der Waals surface area contributed by atoms with Gasteiger partial charge in [0.25, 0.3) is 0 Å². The summed E-state index contributed by atoms with van der Waals surface area (Å²) < 4.78 is 37.2. The maximum atomic E-state index is 15.9. The number of likely N-dealkylation sites (N-methyl/N-ethyl adjacent to an activating group) is 1. The molecule has 1 fully saturated rings. The predicted octanol–water partition coefficient (Wildman–Crippen LogP) is 4.74. The second kappa shape index (κ2) is 9.56. The second-order valence-corrected chi connectivity index (χ2v) is 9.11. The van der Waals surface area contributed by atoms with Gasteiger partial charge in [0.2, 0.25) is 0 Å². The number of hydrogen-bond acceptors (Lipinski definition) is 6. The molecule has 10 heteroatoms. The molecule has 1 aliphatic rings. The minimum atomic E-state index is -0.666. The summed E-state index contributed by atoms with van der Waals surface area (Å²) in [6.07, 6.45) is 0. The molecule has 0 radical (unpaired) electrons. The molecule has 4 aromatic rings. The molecule has 3 heterocycles. The molecule has 5 rings (SSSR count). The SMILES string of the molecule is CCN1CCN(CCOc2cc(F)c3c(-c4ccc(O)c(Cl)c4)nc4[nH]nc(C)c4c3c2F)CC1. The van der Waals surface area contributed by atoms with Crippen LogP contribution in [0.4, 0.5) is 8.78 Å². The topological polar surface area (TPSA) is 77.5 Å². The summed E-state index contributed by atoms with van der Waals surface area (Å²) in [5.74, 6) is -1.59. The third-order valence-corrected chi connectivity index (χ3v) is 6.92. The Kier molecular flexibility index (Phi) is 6.48. The van der Waals surface area contributed by atoms with Gasteiger partial charge in [0, 0.05) is 55.1 Å². The van der Waals surface area contributed by atoms with Crippen molar-refractivity contribution in [2.75, 3.05) is 45.9 Å². The number of halogens is 3. The molecule has 0 unspecified atom stereocenters. The monoisotopic (exact) mass is 501 g/mol. The van der Waals surface area contributed by atoms with Gasteiger partial charge in [-0.25, -0.2) is 13.8 Å². The molecule has 2 aromatic carbocycles. The van der Waals surface area contributed by atoms with Gasteiger partial charge in [0.05, 0.1) is 21.8 Å². The number of aryl methyl sites for hydroxylation is 1. The van der Waals surface area contributed by atoms with Crippen LogP contribution in [0.1, 0.15) is 12.6 Å². The summed E-state index contributed by atoms with van der Waals surface area (Å²) >= 11 is 6.08. The summed E-state index contributed by atoms with van der Waals surface area (Å²) in [5, 5.41) is 17.3. The fourth-order valence-corrected chi connectivity index (χ4v) is 4.80. The largest absolute Gasteiger partial charge is 0.506 e. The number of phenols is 1. The first-order valence-electron chi connectivity index (χ1n) is 11.6. The van der Waals surface area contributed by atoms with Crippen molar-refractivity contribution in [3.63, 3.8) is 0 Å². The highest BCUT2D eigenvalue weighted by molar-refractivity contribution is 6.32. The Labute approximate surface area is 206 Å². The number of hydrogen-bond donors (Lipinski definition) is 2. The summed E-state index contributed by atoms with van der Waals surface area (Å²) in [7, 11) is 0. The van der Waals surface area contributed by atoms with Crippen molar-refractivity contribution in [3.8, 4) is 22.8 Å². The minimum Gasteiger partial charge on any atom is -0.506 e. The number of ether oxygens (including phenoxy) is 1. The smallest absolute Gasteiger partial charge is 0.173 e. The molecule has 0 spiro atoms. The van der Waals surface area contributed by atoms with Crippen LogP contribution in [-0.4, -0.2) is 76.0 Å². The maximum Gasteiger partial charge on any atom is 0.173 e. The zero-order valence-corrected chi connectivity index (χ0v) is 20.3. The van der Waals surface area contributed by atoms with Crippen LogP contribution >= 0.6 is 11.6 Å². The van der Waals surface area contributed by atoms with E-state index in [4.69, 9.17) is 16.3 Å². The molecule has 1 saturated heterocycles. The number of aromatic amines is 1. The van der Waals surface area contributed by atoms with Crippen LogP contribution in [0.15, 0.2) is 24.3 Å². The summed E-state index contributed by atoms with van der Waals surface area (Å²) in [4.78, 5) is 9.15. The molecule has 0 atom stereocenters. The van der Waals surface area contributed by atoms with E-state index in [2.05, 4.69) is 31.9 Å². The Hall–Kier alpha value is -3.01. The highest BCUT2D eigenvalue weighted by atomic mass is 35.5. The number of piperazine rings is 1. The van der Waals surface area contributed by atoms with Gasteiger partial charge in [-0.15, -0.1) is 0 Å². The minimum absolute atomic E-state index is 0.00398. The van der Waals surface area contributed by atoms with Crippen LogP contribution < -0.4 is 4.74 Å². The summed E-state index contributed by atoms with van der Waals surface area (Å²) in [6.45, 7) is 9.58. The van der Waals surface area contributed by atoms with Crippen LogP contribution in [-0.2, 0) is 0 Å². The van der Waals surface area contributed by atoms with Crippen LogP contribution in [0.3, 0.4) is 0 Å². The van der Waals surface area contributed by atoms with E-state index in [1.807, 2.05) is 0 Å². The fraction of sp³-hybridized carbons (Fsp3) is 0.360. The molecule has 0 bridgehead atoms. The first-order chi connectivity index (χ1) is 16.9. The van der Waals surface area contributed by atoms with Gasteiger partial charge in [0.1, 0.15) is 18.2 Å². The normalized spacial score (nSPS) is 15.3. The summed E-state index contributed by atoms with van der Waals surface area (Å²) in [6, 6.07) is 5.48. The molecular weight excluding hydrogens is 476 g/mol. The molecule has 7 nitrogen and oxygen atoms in total. The van der Waals surface area contributed by atoms with E-state index in [1.165, 1.54) is 12.1 Å². The Morgan fingerprint density at radius 1 is 1.09 bits per heavy atom. The molecule has 0 saturated carbocycles. The Morgan fingerprint density at radius 3 is 2.54 bits per heavy atom. The highest BCUT2D eigenvalue weighted by Gasteiger charge is 2.24. The average Bonchev–Trinajstić information content (AvgIpc) is 3.23. The molecule has 2 N–H and O–H groups in total. The molecule has 35 heavy (non-hydrogen) atoms. The van der Waals surface area contributed by atoms with Crippen molar-refractivity contribution in [1.29, 1.82) is 0 Å². The van der Waals surface area contributed by atoms with E-state index in [0.29, 0.717) is 28.8 Å². The number of phenolic OH excluding ortho intramolecular Hbond substituents is 1. The van der Waals surface area contributed by atoms with Gasteiger partial charge >= 0.3 is 0 Å². The van der Waals surface area contributed by atoms with Crippen molar-refractivity contribution in [1.82, 2.24) is 25.0 Å². The van der Waals surface area contributed by atoms with Crippen molar-refractivity contribution in [3.05, 3.63) is 46.6 Å². The highest BCUT2D eigenvalue weighted by Crippen LogP contribution is 2.40. The van der Waals surface area contributed by atoms with Crippen LogP contribution in [0, 0.1) is 18.6 Å². The van der Waals surface area contributed by atoms with E-state index >= 15 is 8.78 Å². The number of nitrogens with one attached hydrogen (secondary N) is 1. The van der Waals surface area contributed by atoms with E-state index in [-0.39, 0.29) is 39.6 Å². The quantitative estimate of drug-likeness (QED) is 0.397. The zero-order valence-electron chi connectivity index (χ0n) is 19.5. The van der Waals surface area contributed by atoms with Gasteiger partial charge in [-0.05, 0) is 31.7 Å². The molecule has 0 aliphatic carbocycles. The second-order valence-electron chi connectivity index (χ2n) is 8.70. The average molecular weight is 502 g/mol. The van der Waals surface area contributed by atoms with Crippen molar-refractivity contribution in [2.24, 2.45) is 0 Å². The number of fused-ring (bicyclic) bond motifs is 3. The first-order valence-corrected chi connectivity index (χ1v) is 12.0. The number of H-pyrrole nitrogens is 1. The maximum absolute atomic E-state index is 15.9. The first kappa shape index (κ1) is 23.7. The van der Waals surface area contributed by atoms with Crippen molar-refractivity contribution >= 4 is 33.4 Å². The number of rotatable bonds is 6. The van der Waals surface area contributed by atoms with E-state index < -0.39 is 11.6 Å². The van der Waals surface area contributed by atoms with E-state index in [0.717, 1.165) is 38.8 Å². The van der Waals surface area contributed by atoms with Gasteiger partial charge in [-0.1, -0.05) is 18.5 Å². The number of nitrogens with zero attached hydrogens (tertiary/aromatic N) is 4. The lowest BCUT2D eigenvalue weighted by molar-refractivity contribution is 0.120. The summed E-state index contributed by atoms with van der Waals surface area (Å²) in [5.41, 5.74) is 1.44. The number of benzene rings is 2. The molecule has 184 valence electrons. The van der Waals surface area contributed by atoms with E-state index in [1.54, 1.807) is 13.0 Å². The lowest BCUT2D eigenvalue weighted by Crippen LogP contribution is -2.47.